The summed E-state index contributed by atoms with van der Waals surface area (Å²) in [5, 5.41) is 11.2. The number of aliphatic carboxylic acids is 1. The third kappa shape index (κ3) is 11.3. The van der Waals surface area contributed by atoms with Crippen LogP contribution in [-0.4, -0.2) is 36.4 Å². The minimum Gasteiger partial charge on any atom is -0.480 e. The second-order valence-electron chi connectivity index (χ2n) is 4.29. The van der Waals surface area contributed by atoms with Crippen LogP contribution in [0.2, 0.25) is 0 Å². The highest BCUT2D eigenvalue weighted by molar-refractivity contribution is 5.72. The molecule has 0 saturated carbocycles. The predicted octanol–water partition coefficient (Wildman–Crippen LogP) is 1.65. The van der Waals surface area contributed by atoms with E-state index >= 15 is 0 Å². The summed E-state index contributed by atoms with van der Waals surface area (Å²) in [6, 6.07) is -0.822. The third-order valence-electron chi connectivity index (χ3n) is 2.56. The van der Waals surface area contributed by atoms with E-state index in [1.807, 2.05) is 6.08 Å². The summed E-state index contributed by atoms with van der Waals surface area (Å²) in [4.78, 5) is 21.7. The summed E-state index contributed by atoms with van der Waals surface area (Å²) in [6.45, 7) is 4.49. The molecule has 0 aromatic rings. The van der Waals surface area contributed by atoms with Crippen LogP contribution in [0.4, 0.5) is 4.79 Å². The van der Waals surface area contributed by atoms with Crippen molar-refractivity contribution in [3.8, 4) is 0 Å². The fourth-order valence-electron chi connectivity index (χ4n) is 1.41. The fraction of sp³-hybridized carbons (Fsp3) is 0.692. The molecule has 0 aromatic carbocycles. The van der Waals surface area contributed by atoms with Gasteiger partial charge in [-0.1, -0.05) is 6.08 Å². The maximum Gasteiger partial charge on any atom is 0.407 e. The molecule has 6 nitrogen and oxygen atoms in total. The van der Waals surface area contributed by atoms with E-state index < -0.39 is 18.1 Å². The largest absolute Gasteiger partial charge is 0.480 e. The molecule has 0 aliphatic heterocycles. The van der Waals surface area contributed by atoms with Crippen molar-refractivity contribution in [3.63, 3.8) is 0 Å². The van der Waals surface area contributed by atoms with Crippen LogP contribution in [0.5, 0.6) is 0 Å². The standard InChI is InChI=1S/C13H24N2O4/c1-2-3-4-7-10-19-13(18)15-9-6-5-8-11(14)12(16)17/h2,11H,1,3-10,14H2,(H,15,18)(H,16,17)/t11-/m0/s1. The summed E-state index contributed by atoms with van der Waals surface area (Å²) >= 11 is 0. The first-order valence-electron chi connectivity index (χ1n) is 6.57. The molecular weight excluding hydrogens is 248 g/mol. The van der Waals surface area contributed by atoms with Crippen molar-refractivity contribution >= 4 is 12.1 Å². The van der Waals surface area contributed by atoms with Crippen LogP contribution in [0, 0.1) is 0 Å². The van der Waals surface area contributed by atoms with E-state index in [0.29, 0.717) is 32.4 Å². The number of nitrogens with one attached hydrogen (secondary N) is 1. The average Bonchev–Trinajstić information content (AvgIpc) is 2.37. The Bertz CT molecular complexity index is 282. The minimum atomic E-state index is -0.994. The van der Waals surface area contributed by atoms with Crippen LogP contribution in [0.25, 0.3) is 0 Å². The molecule has 0 aliphatic carbocycles. The van der Waals surface area contributed by atoms with Crippen molar-refractivity contribution in [1.29, 1.82) is 0 Å². The average molecular weight is 272 g/mol. The van der Waals surface area contributed by atoms with Gasteiger partial charge in [0.25, 0.3) is 0 Å². The van der Waals surface area contributed by atoms with Crippen molar-refractivity contribution in [3.05, 3.63) is 12.7 Å². The zero-order valence-electron chi connectivity index (χ0n) is 11.3. The van der Waals surface area contributed by atoms with Gasteiger partial charge in [0.2, 0.25) is 0 Å². The van der Waals surface area contributed by atoms with Gasteiger partial charge in [0.15, 0.2) is 0 Å². The molecule has 4 N–H and O–H groups in total. The number of hydrogen-bond donors (Lipinski definition) is 3. The highest BCUT2D eigenvalue weighted by Crippen LogP contribution is 1.99. The highest BCUT2D eigenvalue weighted by Gasteiger charge is 2.10. The van der Waals surface area contributed by atoms with Crippen LogP contribution in [0.15, 0.2) is 12.7 Å². The van der Waals surface area contributed by atoms with Gasteiger partial charge in [0.1, 0.15) is 6.04 Å². The van der Waals surface area contributed by atoms with Crippen LogP contribution >= 0.6 is 0 Å². The number of carboxylic acid groups (broad SMARTS) is 1. The van der Waals surface area contributed by atoms with E-state index in [0.717, 1.165) is 19.3 Å². The smallest absolute Gasteiger partial charge is 0.407 e. The number of carboxylic acids is 1. The molecule has 19 heavy (non-hydrogen) atoms. The normalized spacial score (nSPS) is 11.6. The van der Waals surface area contributed by atoms with Crippen molar-refractivity contribution < 1.29 is 19.4 Å². The summed E-state index contributed by atoms with van der Waals surface area (Å²) in [7, 11) is 0. The number of ether oxygens (including phenoxy) is 1. The molecule has 0 aliphatic rings. The lowest BCUT2D eigenvalue weighted by molar-refractivity contribution is -0.138. The van der Waals surface area contributed by atoms with Crippen LogP contribution in [0.1, 0.15) is 38.5 Å². The first kappa shape index (κ1) is 17.4. The van der Waals surface area contributed by atoms with Gasteiger partial charge < -0.3 is 20.9 Å². The number of hydrogen-bond acceptors (Lipinski definition) is 4. The Labute approximate surface area is 114 Å². The highest BCUT2D eigenvalue weighted by atomic mass is 16.5. The van der Waals surface area contributed by atoms with Crippen molar-refractivity contribution in [1.82, 2.24) is 5.32 Å². The molecule has 1 atom stereocenters. The molecule has 0 fully saturated rings. The summed E-state index contributed by atoms with van der Waals surface area (Å²) in [5.41, 5.74) is 5.35. The van der Waals surface area contributed by atoms with Gasteiger partial charge in [0, 0.05) is 6.54 Å². The van der Waals surface area contributed by atoms with Crippen molar-refractivity contribution in [2.45, 2.75) is 44.6 Å². The van der Waals surface area contributed by atoms with Gasteiger partial charge in [-0.3, -0.25) is 4.79 Å². The second kappa shape index (κ2) is 11.5. The Balaban J connectivity index is 3.34. The molecule has 110 valence electrons. The number of alkyl carbamates (subject to hydrolysis) is 1. The summed E-state index contributed by atoms with van der Waals surface area (Å²) < 4.78 is 4.95. The molecule has 0 saturated heterocycles. The number of carbonyl (C=O) groups excluding carboxylic acids is 1. The van der Waals surface area contributed by atoms with E-state index in [1.165, 1.54) is 0 Å². The molecule has 0 radical (unpaired) electrons. The van der Waals surface area contributed by atoms with Gasteiger partial charge in [-0.15, -0.1) is 6.58 Å². The molecule has 1 amide bonds. The summed E-state index contributed by atoms with van der Waals surface area (Å²) in [5.74, 6) is -0.994. The van der Waals surface area contributed by atoms with Crippen LogP contribution in [0.3, 0.4) is 0 Å². The quantitative estimate of drug-likeness (QED) is 0.392. The molecule has 0 unspecified atom stereocenters. The van der Waals surface area contributed by atoms with E-state index in [4.69, 9.17) is 15.6 Å². The maximum absolute atomic E-state index is 11.2. The molecule has 0 bridgehead atoms. The lowest BCUT2D eigenvalue weighted by Crippen LogP contribution is -2.30. The number of rotatable bonds is 11. The minimum absolute atomic E-state index is 0.406. The topological polar surface area (TPSA) is 102 Å². The second-order valence-corrected chi connectivity index (χ2v) is 4.29. The molecule has 0 spiro atoms. The van der Waals surface area contributed by atoms with Crippen molar-refractivity contribution in [2.24, 2.45) is 5.73 Å². The molecular formula is C13H24N2O4. The van der Waals surface area contributed by atoms with Gasteiger partial charge in [-0.05, 0) is 38.5 Å². The van der Waals surface area contributed by atoms with E-state index in [1.54, 1.807) is 0 Å². The van der Waals surface area contributed by atoms with Gasteiger partial charge in [-0.25, -0.2) is 4.79 Å². The maximum atomic E-state index is 11.2. The third-order valence-corrected chi connectivity index (χ3v) is 2.56. The Hall–Kier alpha value is -1.56. The Morgan fingerprint density at radius 1 is 1.32 bits per heavy atom. The lowest BCUT2D eigenvalue weighted by atomic mass is 10.1. The fourth-order valence-corrected chi connectivity index (χ4v) is 1.41. The predicted molar refractivity (Wildman–Crippen MR) is 72.9 cm³/mol. The van der Waals surface area contributed by atoms with E-state index in [9.17, 15) is 9.59 Å². The Morgan fingerprint density at radius 3 is 2.68 bits per heavy atom. The number of allylic oxidation sites excluding steroid dienone is 1. The number of amides is 1. The Morgan fingerprint density at radius 2 is 2.05 bits per heavy atom. The number of unbranched alkanes of at least 4 members (excludes halogenated alkanes) is 3. The lowest BCUT2D eigenvalue weighted by Gasteiger charge is -2.08. The monoisotopic (exact) mass is 272 g/mol. The molecule has 6 heteroatoms. The van der Waals surface area contributed by atoms with Crippen LogP contribution in [-0.2, 0) is 9.53 Å². The zero-order chi connectivity index (χ0) is 14.5. The SMILES string of the molecule is C=CCCCCOC(=O)NCCCC[C@H](N)C(=O)O. The zero-order valence-corrected chi connectivity index (χ0v) is 11.3. The first-order chi connectivity index (χ1) is 9.07. The first-order valence-corrected chi connectivity index (χ1v) is 6.57. The summed E-state index contributed by atoms with van der Waals surface area (Å²) in [6.07, 6.45) is 5.88. The van der Waals surface area contributed by atoms with Gasteiger partial charge in [-0.2, -0.15) is 0 Å². The molecule has 0 rings (SSSR count). The number of nitrogens with two attached hydrogens (primary N) is 1. The van der Waals surface area contributed by atoms with E-state index in [-0.39, 0.29) is 0 Å². The molecule has 0 heterocycles. The molecule has 0 aromatic heterocycles. The Kier molecular flexibility index (Phi) is 10.6. The number of carbonyl (C=O) groups is 2. The van der Waals surface area contributed by atoms with Crippen molar-refractivity contribution in [2.75, 3.05) is 13.2 Å². The van der Waals surface area contributed by atoms with Gasteiger partial charge in [0.05, 0.1) is 6.61 Å². The van der Waals surface area contributed by atoms with Gasteiger partial charge >= 0.3 is 12.1 Å². The van der Waals surface area contributed by atoms with E-state index in [2.05, 4.69) is 11.9 Å². The van der Waals surface area contributed by atoms with Crippen LogP contribution < -0.4 is 11.1 Å².